The van der Waals surface area contributed by atoms with E-state index in [0.717, 1.165) is 4.47 Å². The predicted molar refractivity (Wildman–Crippen MR) is 48.4 cm³/mol. The largest absolute Gasteiger partial charge is 0.467 e. The maximum absolute atomic E-state index is 10.3. The third kappa shape index (κ3) is 3.58. The van der Waals surface area contributed by atoms with E-state index in [2.05, 4.69) is 21.4 Å². The van der Waals surface area contributed by atoms with Gasteiger partial charge in [0.15, 0.2) is 0 Å². The molecule has 0 bridgehead atoms. The molecule has 0 fully saturated rings. The van der Waals surface area contributed by atoms with E-state index in [1.165, 1.54) is 0 Å². The molecule has 3 N–H and O–H groups in total. The van der Waals surface area contributed by atoms with Gasteiger partial charge >= 0.3 is 0 Å². The van der Waals surface area contributed by atoms with Gasteiger partial charge in [-0.1, -0.05) is 0 Å². The Morgan fingerprint density at radius 3 is 3.08 bits per heavy atom. The quantitative estimate of drug-likeness (QED) is 0.590. The van der Waals surface area contributed by atoms with Crippen molar-refractivity contribution in [2.75, 3.05) is 6.61 Å². The second-order valence-corrected chi connectivity index (χ2v) is 3.12. The van der Waals surface area contributed by atoms with E-state index in [4.69, 9.17) is 15.0 Å². The summed E-state index contributed by atoms with van der Waals surface area (Å²) in [6, 6.07) is 1.77. The second kappa shape index (κ2) is 5.00. The van der Waals surface area contributed by atoms with E-state index in [9.17, 15) is 4.79 Å². The zero-order valence-electron chi connectivity index (χ0n) is 6.75. The summed E-state index contributed by atoms with van der Waals surface area (Å²) in [4.78, 5) is 15.0. The number of hydrogen-bond acceptors (Lipinski definition) is 4. The minimum atomic E-state index is -0.522. The lowest BCUT2D eigenvalue weighted by atomic mass is 10.5. The number of furan rings is 1. The first-order valence-electron chi connectivity index (χ1n) is 3.55. The summed E-state index contributed by atoms with van der Waals surface area (Å²) in [6.45, 7) is 0.221. The number of hydroxylamine groups is 1. The molecule has 0 aromatic carbocycles. The van der Waals surface area contributed by atoms with Crippen LogP contribution < -0.4 is 11.2 Å². The molecular weight excluding hydrogens is 240 g/mol. The molecule has 0 aliphatic rings. The van der Waals surface area contributed by atoms with E-state index >= 15 is 0 Å². The van der Waals surface area contributed by atoms with Crippen LogP contribution in [0.5, 0.6) is 0 Å². The Kier molecular flexibility index (Phi) is 3.94. The molecular formula is C7H9BrN2O3. The van der Waals surface area contributed by atoms with Crippen LogP contribution in [0.1, 0.15) is 5.76 Å². The molecule has 1 heterocycles. The van der Waals surface area contributed by atoms with Gasteiger partial charge in [0, 0.05) is 0 Å². The molecule has 6 heteroatoms. The van der Waals surface area contributed by atoms with Crippen molar-refractivity contribution in [2.24, 2.45) is 5.73 Å². The van der Waals surface area contributed by atoms with Crippen LogP contribution >= 0.6 is 15.9 Å². The van der Waals surface area contributed by atoms with Crippen LogP contribution in [0, 0.1) is 0 Å². The van der Waals surface area contributed by atoms with Gasteiger partial charge in [0.2, 0.25) is 5.91 Å². The molecule has 0 radical (unpaired) electrons. The van der Waals surface area contributed by atoms with Gasteiger partial charge in [-0.15, -0.1) is 0 Å². The molecule has 5 nitrogen and oxygen atoms in total. The van der Waals surface area contributed by atoms with Crippen molar-refractivity contribution in [3.8, 4) is 0 Å². The normalized spacial score (nSPS) is 10.2. The van der Waals surface area contributed by atoms with E-state index in [1.54, 1.807) is 12.3 Å². The van der Waals surface area contributed by atoms with Crippen LogP contribution in [0.2, 0.25) is 0 Å². The number of rotatable bonds is 5. The maximum atomic E-state index is 10.3. The van der Waals surface area contributed by atoms with Crippen molar-refractivity contribution in [1.82, 2.24) is 5.48 Å². The number of hydrogen-bond donors (Lipinski definition) is 2. The molecule has 13 heavy (non-hydrogen) atoms. The second-order valence-electron chi connectivity index (χ2n) is 2.27. The Balaban J connectivity index is 2.20. The highest BCUT2D eigenvalue weighted by Crippen LogP contribution is 2.16. The summed E-state index contributed by atoms with van der Waals surface area (Å²) in [5.74, 6) is 0.176. The standard InChI is InChI=1S/C7H9BrN2O3/c8-5-1-2-12-6(5)3-10-13-4-7(9)11/h1-2,10H,3-4H2,(H2,9,11). The third-order valence-corrected chi connectivity index (χ3v) is 1.95. The highest BCUT2D eigenvalue weighted by molar-refractivity contribution is 9.10. The summed E-state index contributed by atoms with van der Waals surface area (Å²) in [6.07, 6.45) is 1.55. The van der Waals surface area contributed by atoms with Crippen molar-refractivity contribution < 1.29 is 14.0 Å². The van der Waals surface area contributed by atoms with E-state index < -0.39 is 5.91 Å². The Hall–Kier alpha value is -0.850. The fourth-order valence-corrected chi connectivity index (χ4v) is 1.03. The van der Waals surface area contributed by atoms with Crippen LogP contribution in [0.15, 0.2) is 21.2 Å². The van der Waals surface area contributed by atoms with Gasteiger partial charge in [0.05, 0.1) is 17.3 Å². The van der Waals surface area contributed by atoms with Crippen LogP contribution in [0.4, 0.5) is 0 Å². The summed E-state index contributed by atoms with van der Waals surface area (Å²) in [5.41, 5.74) is 7.38. The lowest BCUT2D eigenvalue weighted by molar-refractivity contribution is -0.125. The van der Waals surface area contributed by atoms with Crippen molar-refractivity contribution in [3.05, 3.63) is 22.6 Å². The fraction of sp³-hybridized carbons (Fsp3) is 0.286. The average molecular weight is 249 g/mol. The number of nitrogens with one attached hydrogen (secondary N) is 1. The van der Waals surface area contributed by atoms with Gasteiger partial charge in [0.1, 0.15) is 12.4 Å². The summed E-state index contributed by atoms with van der Waals surface area (Å²) in [5, 5.41) is 0. The number of halogens is 1. The van der Waals surface area contributed by atoms with Crippen LogP contribution in [-0.2, 0) is 16.2 Å². The summed E-state index contributed by atoms with van der Waals surface area (Å²) < 4.78 is 5.92. The number of primary amides is 1. The first-order chi connectivity index (χ1) is 6.20. The number of amides is 1. The maximum Gasteiger partial charge on any atom is 0.245 e. The highest BCUT2D eigenvalue weighted by Gasteiger charge is 2.02. The Bertz CT molecular complexity index is 287. The molecule has 1 rings (SSSR count). The molecule has 1 amide bonds. The van der Waals surface area contributed by atoms with E-state index in [1.807, 2.05) is 0 Å². The minimum absolute atomic E-state index is 0.154. The summed E-state index contributed by atoms with van der Waals surface area (Å²) in [7, 11) is 0. The highest BCUT2D eigenvalue weighted by atomic mass is 79.9. The topological polar surface area (TPSA) is 77.5 Å². The zero-order valence-corrected chi connectivity index (χ0v) is 8.33. The van der Waals surface area contributed by atoms with Crippen molar-refractivity contribution in [3.63, 3.8) is 0 Å². The molecule has 0 atom stereocenters. The lowest BCUT2D eigenvalue weighted by Crippen LogP contribution is -2.24. The molecule has 0 saturated heterocycles. The number of carbonyl (C=O) groups is 1. The smallest absolute Gasteiger partial charge is 0.245 e. The molecule has 0 spiro atoms. The average Bonchev–Trinajstić information content (AvgIpc) is 2.45. The SMILES string of the molecule is NC(=O)CONCc1occc1Br. The van der Waals surface area contributed by atoms with Crippen molar-refractivity contribution in [1.29, 1.82) is 0 Å². The molecule has 1 aromatic heterocycles. The predicted octanol–water partition coefficient (Wildman–Crippen LogP) is 0.549. The number of nitrogens with two attached hydrogens (primary N) is 1. The van der Waals surface area contributed by atoms with Crippen LogP contribution in [-0.4, -0.2) is 12.5 Å². The van der Waals surface area contributed by atoms with Gasteiger partial charge in [-0.3, -0.25) is 9.63 Å². The number of carbonyl (C=O) groups excluding carboxylic acids is 1. The first-order valence-corrected chi connectivity index (χ1v) is 4.34. The monoisotopic (exact) mass is 248 g/mol. The van der Waals surface area contributed by atoms with Crippen molar-refractivity contribution in [2.45, 2.75) is 6.54 Å². The lowest BCUT2D eigenvalue weighted by Gasteiger charge is -2.01. The molecule has 0 aliphatic heterocycles. The minimum Gasteiger partial charge on any atom is -0.467 e. The van der Waals surface area contributed by atoms with E-state index in [0.29, 0.717) is 12.3 Å². The fourth-order valence-electron chi connectivity index (χ4n) is 0.690. The molecule has 0 aliphatic carbocycles. The van der Waals surface area contributed by atoms with Gasteiger partial charge in [-0.25, -0.2) is 0 Å². The van der Waals surface area contributed by atoms with E-state index in [-0.39, 0.29) is 6.61 Å². The Morgan fingerprint density at radius 1 is 1.77 bits per heavy atom. The van der Waals surface area contributed by atoms with Gasteiger partial charge in [-0.05, 0) is 22.0 Å². The van der Waals surface area contributed by atoms with Gasteiger partial charge < -0.3 is 10.2 Å². The summed E-state index contributed by atoms with van der Waals surface area (Å²) >= 11 is 3.27. The molecule has 0 unspecified atom stereocenters. The first kappa shape index (κ1) is 10.2. The van der Waals surface area contributed by atoms with Crippen LogP contribution in [0.3, 0.4) is 0 Å². The molecule has 72 valence electrons. The van der Waals surface area contributed by atoms with Crippen LogP contribution in [0.25, 0.3) is 0 Å². The Morgan fingerprint density at radius 2 is 2.54 bits per heavy atom. The van der Waals surface area contributed by atoms with Gasteiger partial charge in [0.25, 0.3) is 0 Å². The Labute approximate surface area is 83.3 Å². The molecule has 0 saturated carbocycles. The van der Waals surface area contributed by atoms with Crippen molar-refractivity contribution >= 4 is 21.8 Å². The molecule has 1 aromatic rings. The van der Waals surface area contributed by atoms with Gasteiger partial charge in [-0.2, -0.15) is 5.48 Å². The third-order valence-electron chi connectivity index (χ3n) is 1.24. The zero-order chi connectivity index (χ0) is 9.68.